The SMILES string of the molecule is Cc1nc(NC(=O)C(O)(c2ccccc2)c2ccccc2)n[nH]1. The van der Waals surface area contributed by atoms with Gasteiger partial charge < -0.3 is 5.11 Å². The summed E-state index contributed by atoms with van der Waals surface area (Å²) in [6.45, 7) is 1.73. The number of carbonyl (C=O) groups excluding carboxylic acids is 1. The van der Waals surface area contributed by atoms with Gasteiger partial charge in [-0.2, -0.15) is 4.98 Å². The molecule has 0 unspecified atom stereocenters. The number of aromatic amines is 1. The zero-order valence-electron chi connectivity index (χ0n) is 12.5. The first kappa shape index (κ1) is 14.9. The number of carbonyl (C=O) groups is 1. The molecule has 116 valence electrons. The van der Waals surface area contributed by atoms with Crippen molar-refractivity contribution in [2.75, 3.05) is 5.32 Å². The Kier molecular flexibility index (Phi) is 3.91. The van der Waals surface area contributed by atoms with Gasteiger partial charge in [-0.05, 0) is 18.1 Å². The number of aliphatic hydroxyl groups is 1. The Labute approximate surface area is 133 Å². The largest absolute Gasteiger partial charge is 0.372 e. The van der Waals surface area contributed by atoms with E-state index in [-0.39, 0.29) is 5.95 Å². The number of hydrogen-bond donors (Lipinski definition) is 3. The van der Waals surface area contributed by atoms with Crippen molar-refractivity contribution in [3.05, 3.63) is 77.6 Å². The van der Waals surface area contributed by atoms with Crippen LogP contribution in [0.4, 0.5) is 5.95 Å². The lowest BCUT2D eigenvalue weighted by molar-refractivity contribution is -0.131. The zero-order chi connectivity index (χ0) is 16.3. The van der Waals surface area contributed by atoms with E-state index in [1.807, 2.05) is 12.1 Å². The van der Waals surface area contributed by atoms with Gasteiger partial charge in [0, 0.05) is 0 Å². The van der Waals surface area contributed by atoms with Crippen LogP contribution in [0.25, 0.3) is 0 Å². The van der Waals surface area contributed by atoms with Gasteiger partial charge in [-0.3, -0.25) is 15.2 Å². The number of amides is 1. The molecule has 0 aliphatic heterocycles. The van der Waals surface area contributed by atoms with Crippen LogP contribution in [0.2, 0.25) is 0 Å². The number of aryl methyl sites for hydroxylation is 1. The number of anilines is 1. The van der Waals surface area contributed by atoms with Gasteiger partial charge in [-0.15, -0.1) is 5.10 Å². The van der Waals surface area contributed by atoms with Crippen LogP contribution >= 0.6 is 0 Å². The molecule has 0 radical (unpaired) electrons. The lowest BCUT2D eigenvalue weighted by Crippen LogP contribution is -2.41. The maximum atomic E-state index is 12.8. The molecule has 0 fully saturated rings. The molecule has 6 nitrogen and oxygen atoms in total. The van der Waals surface area contributed by atoms with Crippen molar-refractivity contribution in [2.45, 2.75) is 12.5 Å². The molecule has 3 rings (SSSR count). The second kappa shape index (κ2) is 6.02. The molecule has 0 atom stereocenters. The predicted octanol–water partition coefficient (Wildman–Crippen LogP) is 1.99. The van der Waals surface area contributed by atoms with E-state index in [9.17, 15) is 9.90 Å². The minimum atomic E-state index is -1.84. The van der Waals surface area contributed by atoms with Gasteiger partial charge in [-0.25, -0.2) is 0 Å². The van der Waals surface area contributed by atoms with E-state index in [0.717, 1.165) is 0 Å². The van der Waals surface area contributed by atoms with Gasteiger partial charge in [0.1, 0.15) is 5.82 Å². The fraction of sp³-hybridized carbons (Fsp3) is 0.118. The Hall–Kier alpha value is -2.99. The van der Waals surface area contributed by atoms with Crippen LogP contribution in [0, 0.1) is 6.92 Å². The molecular weight excluding hydrogens is 292 g/mol. The van der Waals surface area contributed by atoms with E-state index in [0.29, 0.717) is 17.0 Å². The van der Waals surface area contributed by atoms with E-state index in [4.69, 9.17) is 0 Å². The third kappa shape index (κ3) is 2.84. The summed E-state index contributed by atoms with van der Waals surface area (Å²) in [4.78, 5) is 16.8. The summed E-state index contributed by atoms with van der Waals surface area (Å²) in [5, 5.41) is 20.3. The first-order valence-corrected chi connectivity index (χ1v) is 7.14. The summed E-state index contributed by atoms with van der Waals surface area (Å²) < 4.78 is 0. The summed E-state index contributed by atoms with van der Waals surface area (Å²) in [5.74, 6) is 0.0787. The molecule has 0 saturated carbocycles. The zero-order valence-corrected chi connectivity index (χ0v) is 12.5. The van der Waals surface area contributed by atoms with Gasteiger partial charge in [-0.1, -0.05) is 60.7 Å². The average Bonchev–Trinajstić information content (AvgIpc) is 3.00. The van der Waals surface area contributed by atoms with Crippen molar-refractivity contribution in [1.82, 2.24) is 15.2 Å². The summed E-state index contributed by atoms with van der Waals surface area (Å²) in [5.41, 5.74) is -0.899. The molecule has 0 spiro atoms. The normalized spacial score (nSPS) is 11.2. The smallest absolute Gasteiger partial charge is 0.268 e. The highest BCUT2D eigenvalue weighted by atomic mass is 16.3. The van der Waals surface area contributed by atoms with E-state index in [1.54, 1.807) is 55.5 Å². The number of nitrogens with one attached hydrogen (secondary N) is 2. The molecule has 0 aliphatic carbocycles. The van der Waals surface area contributed by atoms with Crippen LogP contribution in [-0.2, 0) is 10.4 Å². The minimum absolute atomic E-state index is 0.123. The summed E-state index contributed by atoms with van der Waals surface area (Å²) in [6.07, 6.45) is 0. The van der Waals surface area contributed by atoms with Crippen LogP contribution in [0.5, 0.6) is 0 Å². The van der Waals surface area contributed by atoms with Gasteiger partial charge in [0.15, 0.2) is 5.60 Å². The van der Waals surface area contributed by atoms with Gasteiger partial charge >= 0.3 is 0 Å². The van der Waals surface area contributed by atoms with Crippen molar-refractivity contribution < 1.29 is 9.90 Å². The van der Waals surface area contributed by atoms with Gasteiger partial charge in [0.25, 0.3) is 5.91 Å². The quantitative estimate of drug-likeness (QED) is 0.687. The molecule has 0 saturated heterocycles. The van der Waals surface area contributed by atoms with E-state index in [1.165, 1.54) is 0 Å². The van der Waals surface area contributed by atoms with Crippen LogP contribution in [0.3, 0.4) is 0 Å². The molecule has 3 N–H and O–H groups in total. The molecule has 1 amide bonds. The van der Waals surface area contributed by atoms with Crippen molar-refractivity contribution in [3.8, 4) is 0 Å². The number of nitrogens with zero attached hydrogens (tertiary/aromatic N) is 2. The molecule has 0 aliphatic rings. The number of benzene rings is 2. The van der Waals surface area contributed by atoms with Crippen molar-refractivity contribution in [3.63, 3.8) is 0 Å². The second-order valence-corrected chi connectivity index (χ2v) is 5.14. The molecule has 23 heavy (non-hydrogen) atoms. The maximum absolute atomic E-state index is 12.8. The van der Waals surface area contributed by atoms with Crippen LogP contribution in [0.1, 0.15) is 17.0 Å². The standard InChI is InChI=1S/C17H16N4O2/c1-12-18-16(21-20-12)19-15(22)17(23,13-8-4-2-5-9-13)14-10-6-3-7-11-14/h2-11,23H,1H3,(H2,18,19,20,21,22). The first-order chi connectivity index (χ1) is 11.1. The Bertz CT molecular complexity index is 760. The lowest BCUT2D eigenvalue weighted by Gasteiger charge is -2.27. The Morgan fingerprint density at radius 1 is 1.04 bits per heavy atom. The molecule has 3 aromatic rings. The minimum Gasteiger partial charge on any atom is -0.372 e. The summed E-state index contributed by atoms with van der Waals surface area (Å²) in [6, 6.07) is 17.6. The Morgan fingerprint density at radius 2 is 1.57 bits per heavy atom. The summed E-state index contributed by atoms with van der Waals surface area (Å²) in [7, 11) is 0. The highest BCUT2D eigenvalue weighted by Crippen LogP contribution is 2.30. The van der Waals surface area contributed by atoms with Crippen molar-refractivity contribution >= 4 is 11.9 Å². The fourth-order valence-corrected chi connectivity index (χ4v) is 2.38. The number of H-pyrrole nitrogens is 1. The van der Waals surface area contributed by atoms with Crippen molar-refractivity contribution in [2.24, 2.45) is 0 Å². The maximum Gasteiger partial charge on any atom is 0.268 e. The fourth-order valence-electron chi connectivity index (χ4n) is 2.38. The molecule has 0 bridgehead atoms. The second-order valence-electron chi connectivity index (χ2n) is 5.14. The number of aromatic nitrogens is 3. The predicted molar refractivity (Wildman–Crippen MR) is 85.6 cm³/mol. The third-order valence-electron chi connectivity index (χ3n) is 3.53. The number of hydrogen-bond acceptors (Lipinski definition) is 4. The van der Waals surface area contributed by atoms with Crippen LogP contribution < -0.4 is 5.32 Å². The molecule has 6 heteroatoms. The number of rotatable bonds is 4. The molecule has 1 aromatic heterocycles. The Morgan fingerprint density at radius 3 is 2.00 bits per heavy atom. The third-order valence-corrected chi connectivity index (χ3v) is 3.53. The van der Waals surface area contributed by atoms with E-state index in [2.05, 4.69) is 20.5 Å². The van der Waals surface area contributed by atoms with Crippen LogP contribution in [0.15, 0.2) is 60.7 Å². The molecule has 1 heterocycles. The van der Waals surface area contributed by atoms with Gasteiger partial charge in [0.05, 0.1) is 0 Å². The molecular formula is C17H16N4O2. The van der Waals surface area contributed by atoms with Crippen LogP contribution in [-0.4, -0.2) is 26.2 Å². The van der Waals surface area contributed by atoms with Gasteiger partial charge in [0.2, 0.25) is 5.95 Å². The first-order valence-electron chi connectivity index (χ1n) is 7.14. The monoisotopic (exact) mass is 308 g/mol. The topological polar surface area (TPSA) is 90.9 Å². The van der Waals surface area contributed by atoms with E-state index >= 15 is 0 Å². The highest BCUT2D eigenvalue weighted by Gasteiger charge is 2.40. The Balaban J connectivity index is 2.03. The van der Waals surface area contributed by atoms with Crippen molar-refractivity contribution in [1.29, 1.82) is 0 Å². The lowest BCUT2D eigenvalue weighted by atomic mass is 9.85. The molecule has 2 aromatic carbocycles. The summed E-state index contributed by atoms with van der Waals surface area (Å²) >= 11 is 0. The van der Waals surface area contributed by atoms with E-state index < -0.39 is 11.5 Å². The average molecular weight is 308 g/mol. The highest BCUT2D eigenvalue weighted by molar-refractivity contribution is 5.99.